The van der Waals surface area contributed by atoms with E-state index in [-0.39, 0.29) is 0 Å². The largest absolute Gasteiger partial charge is 0.478 e. The van der Waals surface area contributed by atoms with E-state index in [1.54, 1.807) is 10.6 Å². The van der Waals surface area contributed by atoms with Crippen LogP contribution in [0.5, 0.6) is 0 Å². The molecule has 0 aliphatic heterocycles. The van der Waals surface area contributed by atoms with Crippen molar-refractivity contribution in [2.75, 3.05) is 5.32 Å². The smallest absolute Gasteiger partial charge is 0.341 e. The van der Waals surface area contributed by atoms with Crippen LogP contribution in [0, 0.1) is 5.82 Å². The number of alkyl halides is 3. The van der Waals surface area contributed by atoms with Crippen LogP contribution in [-0.4, -0.2) is 31.8 Å². The van der Waals surface area contributed by atoms with Crippen LogP contribution >= 0.6 is 58.0 Å². The van der Waals surface area contributed by atoms with Gasteiger partial charge in [-0.15, -0.1) is 0 Å². The Balaban J connectivity index is 3.15. The minimum Gasteiger partial charge on any atom is -0.478 e. The van der Waals surface area contributed by atoms with Crippen molar-refractivity contribution in [3.63, 3.8) is 0 Å². The van der Waals surface area contributed by atoms with E-state index in [0.717, 1.165) is 0 Å². The molecule has 0 aromatic carbocycles. The lowest BCUT2D eigenvalue weighted by atomic mass is 10.2. The van der Waals surface area contributed by atoms with Crippen molar-refractivity contribution in [2.45, 2.75) is 3.79 Å². The lowest BCUT2D eigenvalue weighted by Gasteiger charge is -2.13. The molecule has 0 bridgehead atoms. The molecule has 0 aliphatic carbocycles. The first-order valence-corrected chi connectivity index (χ1v) is 6.81. The van der Waals surface area contributed by atoms with E-state index in [4.69, 9.17) is 63.1 Å². The third-order valence-electron chi connectivity index (χ3n) is 1.99. The fraction of sp³-hybridized carbons (Fsp3) is 0.111. The van der Waals surface area contributed by atoms with Crippen molar-refractivity contribution in [3.05, 3.63) is 21.7 Å². The quantitative estimate of drug-likeness (QED) is 0.510. The van der Waals surface area contributed by atoms with Gasteiger partial charge in [0.1, 0.15) is 10.7 Å². The molecule has 13 heteroatoms. The maximum absolute atomic E-state index is 13.8. The zero-order valence-electron chi connectivity index (χ0n) is 9.89. The molecular formula is C9H3Cl5FN3O4. The third-order valence-corrected chi connectivity index (χ3v) is 3.03. The van der Waals surface area contributed by atoms with Gasteiger partial charge >= 0.3 is 12.0 Å². The second-order valence-electron chi connectivity index (χ2n) is 3.47. The number of carboxylic acids is 1. The SMILES string of the molecule is O=C(NC(=O)C(Cl)(Cl)Cl)Nc1c(F)c(Cl)nc(Cl)c1C(=O)O. The Morgan fingerprint density at radius 2 is 1.68 bits per heavy atom. The second kappa shape index (κ2) is 7.01. The molecule has 0 radical (unpaired) electrons. The zero-order chi connectivity index (χ0) is 17.2. The third kappa shape index (κ3) is 4.47. The maximum atomic E-state index is 13.8. The Hall–Kier alpha value is -1.06. The molecule has 0 unspecified atom stereocenters. The minimum absolute atomic E-state index is 0.679. The van der Waals surface area contributed by atoms with Crippen molar-refractivity contribution in [3.8, 4) is 0 Å². The summed E-state index contributed by atoms with van der Waals surface area (Å²) in [7, 11) is 0. The molecule has 3 amide bonds. The van der Waals surface area contributed by atoms with Crippen LogP contribution in [0.4, 0.5) is 14.9 Å². The van der Waals surface area contributed by atoms with E-state index in [0.29, 0.717) is 0 Å². The van der Waals surface area contributed by atoms with Gasteiger partial charge in [-0.3, -0.25) is 10.1 Å². The Morgan fingerprint density at radius 3 is 2.14 bits per heavy atom. The number of hydrogen-bond acceptors (Lipinski definition) is 4. The van der Waals surface area contributed by atoms with Crippen LogP contribution in [0.1, 0.15) is 10.4 Å². The van der Waals surface area contributed by atoms with Crippen LogP contribution in [0.2, 0.25) is 10.3 Å². The molecule has 0 spiro atoms. The maximum Gasteiger partial charge on any atom is 0.341 e. The summed E-state index contributed by atoms with van der Waals surface area (Å²) in [6.07, 6.45) is 0. The summed E-state index contributed by atoms with van der Waals surface area (Å²) >= 11 is 26.5. The number of carboxylic acid groups (broad SMARTS) is 1. The molecule has 7 nitrogen and oxygen atoms in total. The summed E-state index contributed by atoms with van der Waals surface area (Å²) in [5, 5.41) is 10.8. The van der Waals surface area contributed by atoms with E-state index >= 15 is 0 Å². The van der Waals surface area contributed by atoms with Crippen molar-refractivity contribution < 1.29 is 23.9 Å². The van der Waals surface area contributed by atoms with Crippen LogP contribution in [-0.2, 0) is 4.79 Å². The zero-order valence-corrected chi connectivity index (χ0v) is 13.7. The van der Waals surface area contributed by atoms with Crippen molar-refractivity contribution >= 4 is 81.6 Å². The number of halogens is 6. The Kier molecular flexibility index (Phi) is 6.05. The molecule has 0 atom stereocenters. The van der Waals surface area contributed by atoms with Gasteiger partial charge < -0.3 is 10.4 Å². The number of imide groups is 1. The number of carbonyl (C=O) groups excluding carboxylic acids is 2. The first kappa shape index (κ1) is 19.0. The summed E-state index contributed by atoms with van der Waals surface area (Å²) in [4.78, 5) is 37.1. The minimum atomic E-state index is -2.46. The number of aromatic nitrogens is 1. The first-order valence-electron chi connectivity index (χ1n) is 4.92. The highest BCUT2D eigenvalue weighted by molar-refractivity contribution is 6.76. The van der Waals surface area contributed by atoms with Crippen molar-refractivity contribution in [1.29, 1.82) is 0 Å². The van der Waals surface area contributed by atoms with E-state index in [9.17, 15) is 18.8 Å². The number of urea groups is 1. The Bertz CT molecular complexity index is 664. The number of pyridine rings is 1. The van der Waals surface area contributed by atoms with Gasteiger partial charge in [0.25, 0.3) is 9.70 Å². The van der Waals surface area contributed by atoms with Crippen LogP contribution in [0.25, 0.3) is 0 Å². The molecule has 0 saturated carbocycles. The molecular weight excluding hydrogens is 410 g/mol. The van der Waals surface area contributed by atoms with Gasteiger partial charge in [0.2, 0.25) is 0 Å². The fourth-order valence-electron chi connectivity index (χ4n) is 1.14. The lowest BCUT2D eigenvalue weighted by molar-refractivity contribution is -0.119. The van der Waals surface area contributed by atoms with Crippen molar-refractivity contribution in [2.24, 2.45) is 0 Å². The summed E-state index contributed by atoms with van der Waals surface area (Å²) in [5.74, 6) is -4.42. The summed E-state index contributed by atoms with van der Waals surface area (Å²) in [5.41, 5.74) is -1.79. The highest BCUT2D eigenvalue weighted by atomic mass is 35.6. The number of anilines is 1. The first-order chi connectivity index (χ1) is 9.95. The predicted molar refractivity (Wildman–Crippen MR) is 78.6 cm³/mol. The molecule has 3 N–H and O–H groups in total. The number of nitrogens with one attached hydrogen (secondary N) is 2. The van der Waals surface area contributed by atoms with E-state index in [1.165, 1.54) is 0 Å². The van der Waals surface area contributed by atoms with Gasteiger partial charge in [-0.1, -0.05) is 58.0 Å². The van der Waals surface area contributed by atoms with Gasteiger partial charge in [0.05, 0.1) is 5.69 Å². The standard InChI is InChI=1S/C9H3Cl5FN3O4/c10-4-1(6(19)20)3(2(15)5(11)17-4)16-8(22)18-7(21)9(12,13)14/h(H,19,20)(H2,16,17,18,21,22). The molecule has 22 heavy (non-hydrogen) atoms. The highest BCUT2D eigenvalue weighted by Crippen LogP contribution is 2.30. The molecule has 0 fully saturated rings. The van der Waals surface area contributed by atoms with Gasteiger partial charge in [-0.2, -0.15) is 0 Å². The lowest BCUT2D eigenvalue weighted by Crippen LogP contribution is -2.41. The van der Waals surface area contributed by atoms with E-state index < -0.39 is 49.1 Å². The predicted octanol–water partition coefficient (Wildman–Crippen LogP) is 3.24. The number of amides is 3. The average Bonchev–Trinajstić information content (AvgIpc) is 2.33. The number of hydrogen-bond donors (Lipinski definition) is 3. The van der Waals surface area contributed by atoms with Gasteiger partial charge in [0, 0.05) is 0 Å². The van der Waals surface area contributed by atoms with Gasteiger partial charge in [-0.25, -0.2) is 19.0 Å². The molecule has 1 aromatic heterocycles. The van der Waals surface area contributed by atoms with Crippen LogP contribution < -0.4 is 10.6 Å². The van der Waals surface area contributed by atoms with Crippen molar-refractivity contribution in [1.82, 2.24) is 10.3 Å². The van der Waals surface area contributed by atoms with E-state index in [2.05, 4.69) is 4.98 Å². The van der Waals surface area contributed by atoms with Crippen LogP contribution in [0.3, 0.4) is 0 Å². The molecule has 1 heterocycles. The molecule has 1 rings (SSSR count). The number of nitrogens with zero attached hydrogens (tertiary/aromatic N) is 1. The number of aromatic carboxylic acids is 1. The summed E-state index contributed by atoms with van der Waals surface area (Å²) in [6, 6.07) is -1.38. The summed E-state index contributed by atoms with van der Waals surface area (Å²) < 4.78 is 11.4. The summed E-state index contributed by atoms with van der Waals surface area (Å²) in [6.45, 7) is 0. The van der Waals surface area contributed by atoms with Gasteiger partial charge in [-0.05, 0) is 0 Å². The topological polar surface area (TPSA) is 108 Å². The molecule has 0 aliphatic rings. The fourth-order valence-corrected chi connectivity index (χ4v) is 1.76. The molecule has 1 aromatic rings. The average molecular weight is 413 g/mol. The number of carbonyl (C=O) groups is 3. The highest BCUT2D eigenvalue weighted by Gasteiger charge is 2.33. The molecule has 0 saturated heterocycles. The molecule has 120 valence electrons. The number of rotatable bonds is 2. The monoisotopic (exact) mass is 411 g/mol. The van der Waals surface area contributed by atoms with Crippen LogP contribution in [0.15, 0.2) is 0 Å². The normalized spacial score (nSPS) is 11.0. The Labute approximate surface area is 146 Å². The second-order valence-corrected chi connectivity index (χ2v) is 6.47. The van der Waals surface area contributed by atoms with E-state index in [1.807, 2.05) is 0 Å². The van der Waals surface area contributed by atoms with Gasteiger partial charge in [0.15, 0.2) is 11.0 Å². The Morgan fingerprint density at radius 1 is 1.14 bits per heavy atom.